The quantitative estimate of drug-likeness (QED) is 0.318. The third kappa shape index (κ3) is 5.68. The molecule has 0 atom stereocenters. The van der Waals surface area contributed by atoms with E-state index in [0.717, 1.165) is 33.6 Å². The predicted molar refractivity (Wildman–Crippen MR) is 135 cm³/mol. The second kappa shape index (κ2) is 10.6. The monoisotopic (exact) mass is 449 g/mol. The van der Waals surface area contributed by atoms with Gasteiger partial charge in [-0.2, -0.15) is 5.26 Å². The van der Waals surface area contributed by atoms with Gasteiger partial charge in [-0.1, -0.05) is 78.4 Å². The number of carbonyl (C=O) groups is 1. The summed E-state index contributed by atoms with van der Waals surface area (Å²) in [5, 5.41) is 13.5. The molecule has 0 aliphatic carbocycles. The summed E-state index contributed by atoms with van der Waals surface area (Å²) in [4.78, 5) is 17.2. The van der Waals surface area contributed by atoms with Gasteiger partial charge in [-0.15, -0.1) is 11.8 Å². The first kappa shape index (κ1) is 22.3. The van der Waals surface area contributed by atoms with E-state index in [2.05, 4.69) is 11.4 Å². The van der Waals surface area contributed by atoms with Gasteiger partial charge in [0, 0.05) is 29.0 Å². The molecule has 4 aromatic rings. The van der Waals surface area contributed by atoms with Crippen molar-refractivity contribution in [3.05, 3.63) is 102 Å². The number of pyridine rings is 1. The predicted octanol–water partition coefficient (Wildman–Crippen LogP) is 6.72. The van der Waals surface area contributed by atoms with E-state index in [1.54, 1.807) is 0 Å². The molecule has 0 fully saturated rings. The number of benzene rings is 3. The first-order valence-corrected chi connectivity index (χ1v) is 11.7. The van der Waals surface area contributed by atoms with Crippen LogP contribution in [0.4, 0.5) is 5.69 Å². The SMILES string of the molecule is Cc1ccc(NC(=O)CCSc2nc(-c3ccccc3)cc(-c3ccccc3)c2C#N)cc1. The lowest BCUT2D eigenvalue weighted by atomic mass is 9.99. The summed E-state index contributed by atoms with van der Waals surface area (Å²) >= 11 is 1.44. The highest BCUT2D eigenvalue weighted by Gasteiger charge is 2.16. The van der Waals surface area contributed by atoms with Crippen LogP contribution in [0.5, 0.6) is 0 Å². The first-order chi connectivity index (χ1) is 16.1. The van der Waals surface area contributed by atoms with Gasteiger partial charge < -0.3 is 5.32 Å². The summed E-state index contributed by atoms with van der Waals surface area (Å²) in [6, 6.07) is 31.8. The Morgan fingerprint density at radius 3 is 2.21 bits per heavy atom. The molecule has 33 heavy (non-hydrogen) atoms. The van der Waals surface area contributed by atoms with Gasteiger partial charge in [0.1, 0.15) is 11.1 Å². The molecule has 0 aliphatic heterocycles. The molecule has 1 amide bonds. The fraction of sp³-hybridized carbons (Fsp3) is 0.107. The average molecular weight is 450 g/mol. The number of hydrogen-bond donors (Lipinski definition) is 1. The minimum Gasteiger partial charge on any atom is -0.326 e. The number of aromatic nitrogens is 1. The molecule has 4 nitrogen and oxygen atoms in total. The van der Waals surface area contributed by atoms with E-state index < -0.39 is 0 Å². The smallest absolute Gasteiger partial charge is 0.225 e. The van der Waals surface area contributed by atoms with Gasteiger partial charge in [0.15, 0.2) is 0 Å². The summed E-state index contributed by atoms with van der Waals surface area (Å²) < 4.78 is 0. The number of hydrogen-bond acceptors (Lipinski definition) is 4. The molecule has 4 rings (SSSR count). The van der Waals surface area contributed by atoms with Crippen LogP contribution >= 0.6 is 11.8 Å². The van der Waals surface area contributed by atoms with Gasteiger partial charge in [0.05, 0.1) is 11.3 Å². The average Bonchev–Trinajstić information content (AvgIpc) is 2.86. The number of anilines is 1. The highest BCUT2D eigenvalue weighted by molar-refractivity contribution is 7.99. The number of amides is 1. The van der Waals surface area contributed by atoms with E-state index >= 15 is 0 Å². The second-order valence-electron chi connectivity index (χ2n) is 7.59. The van der Waals surface area contributed by atoms with Crippen LogP contribution in [-0.2, 0) is 4.79 Å². The van der Waals surface area contributed by atoms with Gasteiger partial charge in [0.25, 0.3) is 0 Å². The number of nitrogens with one attached hydrogen (secondary N) is 1. The number of thioether (sulfide) groups is 1. The first-order valence-electron chi connectivity index (χ1n) is 10.7. The highest BCUT2D eigenvalue weighted by Crippen LogP contribution is 2.34. The fourth-order valence-corrected chi connectivity index (χ4v) is 4.38. The van der Waals surface area contributed by atoms with Crippen LogP contribution in [0.1, 0.15) is 17.5 Å². The van der Waals surface area contributed by atoms with Crippen molar-refractivity contribution >= 4 is 23.4 Å². The third-order valence-corrected chi connectivity index (χ3v) is 6.13. The lowest BCUT2D eigenvalue weighted by Gasteiger charge is -2.12. The minimum absolute atomic E-state index is 0.0626. The van der Waals surface area contributed by atoms with Crippen molar-refractivity contribution in [1.82, 2.24) is 4.98 Å². The zero-order valence-electron chi connectivity index (χ0n) is 18.3. The van der Waals surface area contributed by atoms with Gasteiger partial charge in [-0.25, -0.2) is 4.98 Å². The maximum atomic E-state index is 12.4. The van der Waals surface area contributed by atoms with Crippen molar-refractivity contribution in [2.45, 2.75) is 18.4 Å². The van der Waals surface area contributed by atoms with Crippen molar-refractivity contribution in [2.75, 3.05) is 11.1 Å². The minimum atomic E-state index is -0.0626. The number of rotatable bonds is 7. The summed E-state index contributed by atoms with van der Waals surface area (Å²) in [5.74, 6) is 0.457. The van der Waals surface area contributed by atoms with E-state index in [9.17, 15) is 10.1 Å². The highest BCUT2D eigenvalue weighted by atomic mass is 32.2. The molecule has 0 saturated heterocycles. The number of nitrogens with zero attached hydrogens (tertiary/aromatic N) is 2. The van der Waals surface area contributed by atoms with Crippen molar-refractivity contribution in [2.24, 2.45) is 0 Å². The van der Waals surface area contributed by atoms with Gasteiger partial charge in [-0.05, 0) is 30.7 Å². The Morgan fingerprint density at radius 1 is 0.939 bits per heavy atom. The zero-order valence-corrected chi connectivity index (χ0v) is 19.1. The molecular weight excluding hydrogens is 426 g/mol. The molecule has 162 valence electrons. The molecule has 0 unspecified atom stereocenters. The van der Waals surface area contributed by atoms with Crippen LogP contribution in [-0.4, -0.2) is 16.6 Å². The van der Waals surface area contributed by atoms with Gasteiger partial charge in [-0.3, -0.25) is 4.79 Å². The van der Waals surface area contributed by atoms with Crippen LogP contribution in [0.3, 0.4) is 0 Å². The third-order valence-electron chi connectivity index (χ3n) is 5.16. The number of aryl methyl sites for hydroxylation is 1. The summed E-state index contributed by atoms with van der Waals surface area (Å²) in [5.41, 5.74) is 6.06. The summed E-state index contributed by atoms with van der Waals surface area (Å²) in [6.45, 7) is 2.01. The molecule has 1 aromatic heterocycles. The summed E-state index contributed by atoms with van der Waals surface area (Å²) in [7, 11) is 0. The molecule has 5 heteroatoms. The molecule has 0 saturated carbocycles. The van der Waals surface area contributed by atoms with Gasteiger partial charge in [0.2, 0.25) is 5.91 Å². The molecule has 0 bridgehead atoms. The molecular formula is C28H23N3OS. The topological polar surface area (TPSA) is 65.8 Å². The van der Waals surface area contributed by atoms with Crippen LogP contribution in [0.15, 0.2) is 96.0 Å². The van der Waals surface area contributed by atoms with Crippen molar-refractivity contribution in [3.8, 4) is 28.5 Å². The number of carbonyl (C=O) groups excluding carboxylic acids is 1. The van der Waals surface area contributed by atoms with Crippen molar-refractivity contribution in [1.29, 1.82) is 5.26 Å². The lowest BCUT2D eigenvalue weighted by Crippen LogP contribution is -2.12. The Balaban J connectivity index is 1.58. The molecule has 3 aromatic carbocycles. The molecule has 1 heterocycles. The van der Waals surface area contributed by atoms with E-state index in [4.69, 9.17) is 4.98 Å². The molecule has 0 spiro atoms. The van der Waals surface area contributed by atoms with E-state index in [0.29, 0.717) is 22.8 Å². The van der Waals surface area contributed by atoms with Crippen LogP contribution in [0, 0.1) is 18.3 Å². The van der Waals surface area contributed by atoms with Crippen LogP contribution < -0.4 is 5.32 Å². The van der Waals surface area contributed by atoms with Crippen molar-refractivity contribution in [3.63, 3.8) is 0 Å². The lowest BCUT2D eigenvalue weighted by molar-refractivity contribution is -0.115. The Morgan fingerprint density at radius 2 is 1.58 bits per heavy atom. The second-order valence-corrected chi connectivity index (χ2v) is 8.68. The van der Waals surface area contributed by atoms with E-state index in [1.807, 2.05) is 97.9 Å². The largest absolute Gasteiger partial charge is 0.326 e. The van der Waals surface area contributed by atoms with E-state index in [1.165, 1.54) is 11.8 Å². The zero-order chi connectivity index (χ0) is 23.0. The van der Waals surface area contributed by atoms with Crippen LogP contribution in [0.2, 0.25) is 0 Å². The van der Waals surface area contributed by atoms with E-state index in [-0.39, 0.29) is 5.91 Å². The maximum absolute atomic E-state index is 12.4. The Bertz CT molecular complexity index is 1280. The molecule has 0 radical (unpaired) electrons. The standard InChI is InChI=1S/C28H23N3OS/c1-20-12-14-23(15-13-20)30-27(32)16-17-33-28-25(19-29)24(21-8-4-2-5-9-21)18-26(31-28)22-10-6-3-7-11-22/h2-15,18H,16-17H2,1H3,(H,30,32). The Kier molecular flexibility index (Phi) is 7.19. The van der Waals surface area contributed by atoms with Gasteiger partial charge >= 0.3 is 0 Å². The van der Waals surface area contributed by atoms with Crippen molar-refractivity contribution < 1.29 is 4.79 Å². The summed E-state index contributed by atoms with van der Waals surface area (Å²) in [6.07, 6.45) is 0.321. The fourth-order valence-electron chi connectivity index (χ4n) is 3.44. The maximum Gasteiger partial charge on any atom is 0.225 e. The van der Waals surface area contributed by atoms with Crippen LogP contribution in [0.25, 0.3) is 22.4 Å². The number of nitriles is 1. The Labute approximate surface area is 198 Å². The normalized spacial score (nSPS) is 10.4. The Hall–Kier alpha value is -3.88. The molecule has 0 aliphatic rings. The molecule has 1 N–H and O–H groups in total.